The van der Waals surface area contributed by atoms with Gasteiger partial charge in [0.1, 0.15) is 11.5 Å². The molecule has 5 nitrogen and oxygen atoms in total. The molecule has 0 saturated carbocycles. The Morgan fingerprint density at radius 2 is 1.91 bits per heavy atom. The minimum atomic E-state index is -0.143. The van der Waals surface area contributed by atoms with Crippen LogP contribution in [0.2, 0.25) is 0 Å². The molecule has 0 amide bonds. The normalized spacial score (nSPS) is 16.6. The Kier molecular flexibility index (Phi) is 2.79. The lowest BCUT2D eigenvalue weighted by molar-refractivity contribution is 0.101. The van der Waals surface area contributed by atoms with E-state index in [0.717, 1.165) is 5.56 Å². The van der Waals surface area contributed by atoms with Gasteiger partial charge in [-0.2, -0.15) is 0 Å². The smallest absolute Gasteiger partial charge is 0.231 e. The molecule has 0 saturated heterocycles. The van der Waals surface area contributed by atoms with Crippen LogP contribution in [0.5, 0.6) is 23.0 Å². The largest absolute Gasteiger partial charge is 0.497 e. The third kappa shape index (κ3) is 1.98. The predicted octanol–water partition coefficient (Wildman–Crippen LogP) is 3.04. The molecule has 2 aliphatic heterocycles. The van der Waals surface area contributed by atoms with Gasteiger partial charge in [0.15, 0.2) is 17.3 Å². The Hall–Kier alpha value is -2.95. The maximum absolute atomic E-state index is 12.3. The maximum atomic E-state index is 12.3. The van der Waals surface area contributed by atoms with E-state index in [1.165, 1.54) is 0 Å². The van der Waals surface area contributed by atoms with E-state index in [9.17, 15) is 4.79 Å². The summed E-state index contributed by atoms with van der Waals surface area (Å²) in [6.07, 6.45) is 1.69. The number of ether oxygens (including phenoxy) is 4. The Bertz CT molecular complexity index is 807. The predicted molar refractivity (Wildman–Crippen MR) is 78.5 cm³/mol. The molecule has 0 fully saturated rings. The van der Waals surface area contributed by atoms with Crippen LogP contribution >= 0.6 is 0 Å². The number of methoxy groups -OCH3 is 1. The number of allylic oxidation sites excluding steroid dienone is 1. The van der Waals surface area contributed by atoms with E-state index in [1.807, 2.05) is 18.2 Å². The highest BCUT2D eigenvalue weighted by Gasteiger charge is 2.27. The van der Waals surface area contributed by atoms with Gasteiger partial charge in [0.05, 0.1) is 12.7 Å². The molecule has 2 aromatic carbocycles. The summed E-state index contributed by atoms with van der Waals surface area (Å²) < 4.78 is 21.4. The molecule has 0 unspecified atom stereocenters. The first-order valence-corrected chi connectivity index (χ1v) is 6.76. The topological polar surface area (TPSA) is 54.0 Å². The number of ketones is 1. The van der Waals surface area contributed by atoms with E-state index in [2.05, 4.69) is 0 Å². The van der Waals surface area contributed by atoms with Crippen molar-refractivity contribution in [1.82, 2.24) is 0 Å². The molecule has 5 heteroatoms. The highest BCUT2D eigenvalue weighted by atomic mass is 16.7. The summed E-state index contributed by atoms with van der Waals surface area (Å²) in [4.78, 5) is 12.3. The first-order chi connectivity index (χ1) is 10.7. The van der Waals surface area contributed by atoms with Crippen LogP contribution in [0.3, 0.4) is 0 Å². The third-order valence-electron chi connectivity index (χ3n) is 3.57. The standard InChI is InChI=1S/C17H12O5/c1-19-11-3-4-12-14(8-11)22-16(17(12)18)7-10-2-5-13-15(6-10)21-9-20-13/h2-8H,9H2,1H3/b16-7-. The number of hydrogen-bond acceptors (Lipinski definition) is 5. The van der Waals surface area contributed by atoms with E-state index in [1.54, 1.807) is 31.4 Å². The Morgan fingerprint density at radius 1 is 1.05 bits per heavy atom. The number of hydrogen-bond donors (Lipinski definition) is 0. The monoisotopic (exact) mass is 296 g/mol. The lowest BCUT2D eigenvalue weighted by Gasteiger charge is -2.02. The van der Waals surface area contributed by atoms with Crippen molar-refractivity contribution < 1.29 is 23.7 Å². The van der Waals surface area contributed by atoms with Crippen molar-refractivity contribution in [2.75, 3.05) is 13.9 Å². The summed E-state index contributed by atoms with van der Waals surface area (Å²) in [5.41, 5.74) is 1.35. The summed E-state index contributed by atoms with van der Waals surface area (Å²) in [7, 11) is 1.57. The second-order valence-electron chi connectivity index (χ2n) is 4.91. The van der Waals surface area contributed by atoms with Gasteiger partial charge in [0.25, 0.3) is 0 Å². The highest BCUT2D eigenvalue weighted by Crippen LogP contribution is 2.36. The average molecular weight is 296 g/mol. The molecule has 0 bridgehead atoms. The van der Waals surface area contributed by atoms with Gasteiger partial charge in [-0.05, 0) is 35.9 Å². The number of fused-ring (bicyclic) bond motifs is 2. The number of Topliss-reactive ketones (excluding diaryl/α,β-unsaturated/α-hetero) is 1. The van der Waals surface area contributed by atoms with E-state index in [4.69, 9.17) is 18.9 Å². The molecule has 110 valence electrons. The van der Waals surface area contributed by atoms with Crippen molar-refractivity contribution in [3.05, 3.63) is 53.3 Å². The van der Waals surface area contributed by atoms with Crippen LogP contribution in [0.15, 0.2) is 42.2 Å². The molecule has 4 rings (SSSR count). The van der Waals surface area contributed by atoms with Gasteiger partial charge in [-0.1, -0.05) is 6.07 Å². The minimum Gasteiger partial charge on any atom is -0.497 e. The minimum absolute atomic E-state index is 0.143. The van der Waals surface area contributed by atoms with Crippen molar-refractivity contribution in [1.29, 1.82) is 0 Å². The van der Waals surface area contributed by atoms with Crippen LogP contribution < -0.4 is 18.9 Å². The zero-order valence-electron chi connectivity index (χ0n) is 11.8. The lowest BCUT2D eigenvalue weighted by atomic mass is 10.1. The number of benzene rings is 2. The first-order valence-electron chi connectivity index (χ1n) is 6.76. The summed E-state index contributed by atoms with van der Waals surface area (Å²) in [6.45, 7) is 0.218. The highest BCUT2D eigenvalue weighted by molar-refractivity contribution is 6.14. The summed E-state index contributed by atoms with van der Waals surface area (Å²) in [6, 6.07) is 10.6. The third-order valence-corrected chi connectivity index (χ3v) is 3.57. The SMILES string of the molecule is COc1ccc2c(c1)O/C(=C\c1ccc3c(c1)OCO3)C2=O. The van der Waals surface area contributed by atoms with Crippen LogP contribution in [-0.4, -0.2) is 19.7 Å². The van der Waals surface area contributed by atoms with E-state index >= 15 is 0 Å². The molecule has 0 N–H and O–H groups in total. The van der Waals surface area contributed by atoms with Crippen LogP contribution in [0, 0.1) is 0 Å². The van der Waals surface area contributed by atoms with Crippen molar-refractivity contribution >= 4 is 11.9 Å². The van der Waals surface area contributed by atoms with E-state index in [-0.39, 0.29) is 18.3 Å². The average Bonchev–Trinajstić information content (AvgIpc) is 3.12. The van der Waals surface area contributed by atoms with Gasteiger partial charge in [0.2, 0.25) is 12.6 Å². The molecule has 2 aliphatic rings. The zero-order chi connectivity index (χ0) is 15.1. The lowest BCUT2D eigenvalue weighted by Crippen LogP contribution is -1.98. The van der Waals surface area contributed by atoms with Crippen molar-refractivity contribution in [3.63, 3.8) is 0 Å². The van der Waals surface area contributed by atoms with Gasteiger partial charge in [-0.25, -0.2) is 0 Å². The summed E-state index contributed by atoms with van der Waals surface area (Å²) in [5, 5.41) is 0. The van der Waals surface area contributed by atoms with Gasteiger partial charge in [0, 0.05) is 6.07 Å². The molecule has 22 heavy (non-hydrogen) atoms. The van der Waals surface area contributed by atoms with Gasteiger partial charge in [-0.3, -0.25) is 4.79 Å². The molecule has 2 aromatic rings. The van der Waals surface area contributed by atoms with Crippen molar-refractivity contribution in [2.45, 2.75) is 0 Å². The second kappa shape index (κ2) is 4.80. The summed E-state index contributed by atoms with van der Waals surface area (Å²) >= 11 is 0. The number of carbonyl (C=O) groups excluding carboxylic acids is 1. The summed E-state index contributed by atoms with van der Waals surface area (Å²) in [5.74, 6) is 2.66. The molecular weight excluding hydrogens is 284 g/mol. The van der Waals surface area contributed by atoms with Crippen LogP contribution in [0.25, 0.3) is 6.08 Å². The number of rotatable bonds is 2. The molecule has 0 atom stereocenters. The van der Waals surface area contributed by atoms with Gasteiger partial charge in [-0.15, -0.1) is 0 Å². The zero-order valence-corrected chi connectivity index (χ0v) is 11.8. The fourth-order valence-corrected chi connectivity index (χ4v) is 2.45. The molecule has 0 spiro atoms. The number of carbonyl (C=O) groups is 1. The molecule has 0 aliphatic carbocycles. The first kappa shape index (κ1) is 12.8. The van der Waals surface area contributed by atoms with Gasteiger partial charge < -0.3 is 18.9 Å². The van der Waals surface area contributed by atoms with Crippen molar-refractivity contribution in [2.24, 2.45) is 0 Å². The molecule has 2 heterocycles. The molecule has 0 aromatic heterocycles. The van der Waals surface area contributed by atoms with E-state index in [0.29, 0.717) is 28.6 Å². The van der Waals surface area contributed by atoms with Crippen LogP contribution in [0.4, 0.5) is 0 Å². The Labute approximate surface area is 126 Å². The maximum Gasteiger partial charge on any atom is 0.231 e. The van der Waals surface area contributed by atoms with Crippen molar-refractivity contribution in [3.8, 4) is 23.0 Å². The fraction of sp³-hybridized carbons (Fsp3) is 0.118. The quantitative estimate of drug-likeness (QED) is 0.797. The van der Waals surface area contributed by atoms with Crippen LogP contribution in [0.1, 0.15) is 15.9 Å². The fourth-order valence-electron chi connectivity index (χ4n) is 2.45. The second-order valence-corrected chi connectivity index (χ2v) is 4.91. The van der Waals surface area contributed by atoms with E-state index < -0.39 is 0 Å². The molecular formula is C17H12O5. The Balaban J connectivity index is 1.68. The van der Waals surface area contributed by atoms with Gasteiger partial charge >= 0.3 is 0 Å². The molecule has 0 radical (unpaired) electrons. The Morgan fingerprint density at radius 3 is 2.77 bits per heavy atom. The van der Waals surface area contributed by atoms with Crippen LogP contribution in [-0.2, 0) is 0 Å².